The van der Waals surface area contributed by atoms with Crippen LogP contribution in [-0.4, -0.2) is 20.8 Å². The molecule has 6 nitrogen and oxygen atoms in total. The van der Waals surface area contributed by atoms with E-state index in [0.29, 0.717) is 17.3 Å². The number of hydrogen-bond donors (Lipinski definition) is 1. The van der Waals surface area contributed by atoms with Gasteiger partial charge in [0.15, 0.2) is 0 Å². The van der Waals surface area contributed by atoms with Crippen LogP contribution in [0.5, 0.6) is 0 Å². The van der Waals surface area contributed by atoms with Gasteiger partial charge in [-0.25, -0.2) is 0 Å². The first-order valence-corrected chi connectivity index (χ1v) is 7.02. The van der Waals surface area contributed by atoms with Gasteiger partial charge in [0.2, 0.25) is 5.88 Å². The van der Waals surface area contributed by atoms with Crippen molar-refractivity contribution in [1.82, 2.24) is 14.9 Å². The highest BCUT2D eigenvalue weighted by molar-refractivity contribution is 6.02. The van der Waals surface area contributed by atoms with Crippen molar-refractivity contribution in [3.63, 3.8) is 0 Å². The van der Waals surface area contributed by atoms with Crippen LogP contribution in [0.25, 0.3) is 11.3 Å². The molecule has 0 aliphatic rings. The Bertz CT molecular complexity index is 787. The van der Waals surface area contributed by atoms with Gasteiger partial charge in [0, 0.05) is 24.9 Å². The SMILES string of the molecule is CCc1ccc(-c2cc(NC(=O)c3ccnn3C)on2)cc1. The zero-order valence-corrected chi connectivity index (χ0v) is 12.4. The zero-order chi connectivity index (χ0) is 15.5. The highest BCUT2D eigenvalue weighted by Crippen LogP contribution is 2.22. The highest BCUT2D eigenvalue weighted by Gasteiger charge is 2.13. The molecule has 6 heteroatoms. The van der Waals surface area contributed by atoms with Crippen LogP contribution in [0.1, 0.15) is 23.0 Å². The third kappa shape index (κ3) is 2.76. The zero-order valence-electron chi connectivity index (χ0n) is 12.4. The predicted molar refractivity (Wildman–Crippen MR) is 82.5 cm³/mol. The molecule has 2 aromatic heterocycles. The lowest BCUT2D eigenvalue weighted by molar-refractivity contribution is 0.101. The Kier molecular flexibility index (Phi) is 3.74. The van der Waals surface area contributed by atoms with Gasteiger partial charge < -0.3 is 4.52 Å². The number of anilines is 1. The van der Waals surface area contributed by atoms with E-state index in [2.05, 4.69) is 34.6 Å². The number of nitrogens with zero attached hydrogens (tertiary/aromatic N) is 3. The molecular formula is C16H16N4O2. The number of nitrogens with one attached hydrogen (secondary N) is 1. The molecule has 3 rings (SSSR count). The summed E-state index contributed by atoms with van der Waals surface area (Å²) in [5.74, 6) is 0.0183. The minimum absolute atomic E-state index is 0.288. The summed E-state index contributed by atoms with van der Waals surface area (Å²) in [6.45, 7) is 2.11. The Morgan fingerprint density at radius 2 is 2.05 bits per heavy atom. The van der Waals surface area contributed by atoms with Gasteiger partial charge in [0.25, 0.3) is 5.91 Å². The standard InChI is InChI=1S/C16H16N4O2/c1-3-11-4-6-12(7-5-11)13-10-15(22-19-13)18-16(21)14-8-9-17-20(14)2/h4-10H,3H2,1-2H3,(H,18,21). The summed E-state index contributed by atoms with van der Waals surface area (Å²) < 4.78 is 6.67. The van der Waals surface area contributed by atoms with E-state index in [1.54, 1.807) is 25.4 Å². The molecule has 1 amide bonds. The smallest absolute Gasteiger partial charge is 0.276 e. The summed E-state index contributed by atoms with van der Waals surface area (Å²) in [4.78, 5) is 12.1. The quantitative estimate of drug-likeness (QED) is 0.803. The van der Waals surface area contributed by atoms with E-state index in [-0.39, 0.29) is 5.91 Å². The molecule has 112 valence electrons. The van der Waals surface area contributed by atoms with Gasteiger partial charge in [-0.05, 0) is 18.1 Å². The van der Waals surface area contributed by atoms with E-state index in [1.807, 2.05) is 12.1 Å². The second-order valence-electron chi connectivity index (χ2n) is 4.92. The van der Waals surface area contributed by atoms with Gasteiger partial charge in [-0.1, -0.05) is 36.3 Å². The Hall–Kier alpha value is -2.89. The second-order valence-corrected chi connectivity index (χ2v) is 4.92. The predicted octanol–water partition coefficient (Wildman–Crippen LogP) is 2.89. The Morgan fingerprint density at radius 1 is 1.27 bits per heavy atom. The molecule has 22 heavy (non-hydrogen) atoms. The molecule has 0 unspecified atom stereocenters. The Balaban J connectivity index is 1.76. The number of hydrogen-bond acceptors (Lipinski definition) is 4. The van der Waals surface area contributed by atoms with E-state index < -0.39 is 0 Å². The van der Waals surface area contributed by atoms with Crippen LogP contribution >= 0.6 is 0 Å². The van der Waals surface area contributed by atoms with Crippen LogP contribution in [0, 0.1) is 0 Å². The van der Waals surface area contributed by atoms with Crippen molar-refractivity contribution in [1.29, 1.82) is 0 Å². The van der Waals surface area contributed by atoms with Gasteiger partial charge in [-0.3, -0.25) is 14.8 Å². The molecule has 0 saturated heterocycles. The van der Waals surface area contributed by atoms with E-state index in [4.69, 9.17) is 4.52 Å². The van der Waals surface area contributed by atoms with E-state index >= 15 is 0 Å². The fraction of sp³-hybridized carbons (Fsp3) is 0.188. The molecule has 0 radical (unpaired) electrons. The summed E-state index contributed by atoms with van der Waals surface area (Å²) >= 11 is 0. The Labute approximate surface area is 127 Å². The summed E-state index contributed by atoms with van der Waals surface area (Å²) in [6, 6.07) is 11.4. The Morgan fingerprint density at radius 3 is 2.68 bits per heavy atom. The molecule has 2 heterocycles. The fourth-order valence-electron chi connectivity index (χ4n) is 2.15. The van der Waals surface area contributed by atoms with Crippen molar-refractivity contribution < 1.29 is 9.32 Å². The third-order valence-electron chi connectivity index (χ3n) is 3.46. The van der Waals surface area contributed by atoms with Crippen LogP contribution in [0.3, 0.4) is 0 Å². The number of aromatic nitrogens is 3. The lowest BCUT2D eigenvalue weighted by Gasteiger charge is -2.00. The lowest BCUT2D eigenvalue weighted by Crippen LogP contribution is -2.15. The molecular weight excluding hydrogens is 280 g/mol. The van der Waals surface area contributed by atoms with Gasteiger partial charge in [-0.2, -0.15) is 5.10 Å². The van der Waals surface area contributed by atoms with Crippen LogP contribution in [0.2, 0.25) is 0 Å². The number of rotatable bonds is 4. The molecule has 0 spiro atoms. The third-order valence-corrected chi connectivity index (χ3v) is 3.46. The van der Waals surface area contributed by atoms with E-state index in [1.165, 1.54) is 10.2 Å². The maximum absolute atomic E-state index is 12.1. The minimum atomic E-state index is -0.288. The average molecular weight is 296 g/mol. The molecule has 3 aromatic rings. The first-order valence-electron chi connectivity index (χ1n) is 7.02. The molecule has 1 aromatic carbocycles. The van der Waals surface area contributed by atoms with Crippen molar-refractivity contribution in [2.45, 2.75) is 13.3 Å². The molecule has 0 aliphatic heterocycles. The van der Waals surface area contributed by atoms with Gasteiger partial charge in [-0.15, -0.1) is 0 Å². The van der Waals surface area contributed by atoms with E-state index in [9.17, 15) is 4.79 Å². The van der Waals surface area contributed by atoms with Crippen LogP contribution in [-0.2, 0) is 13.5 Å². The maximum Gasteiger partial charge on any atom is 0.276 e. The first kappa shape index (κ1) is 14.1. The van der Waals surface area contributed by atoms with Gasteiger partial charge >= 0.3 is 0 Å². The molecule has 1 N–H and O–H groups in total. The van der Waals surface area contributed by atoms with Crippen LogP contribution < -0.4 is 5.32 Å². The van der Waals surface area contributed by atoms with Crippen molar-refractivity contribution >= 4 is 11.8 Å². The van der Waals surface area contributed by atoms with Crippen molar-refractivity contribution in [3.8, 4) is 11.3 Å². The summed E-state index contributed by atoms with van der Waals surface area (Å²) in [6.07, 6.45) is 2.56. The average Bonchev–Trinajstić information content (AvgIpc) is 3.16. The number of carbonyl (C=O) groups excluding carboxylic acids is 1. The lowest BCUT2D eigenvalue weighted by atomic mass is 10.1. The molecule has 0 saturated carbocycles. The first-order chi connectivity index (χ1) is 10.7. The topological polar surface area (TPSA) is 73.0 Å². The monoisotopic (exact) mass is 296 g/mol. The van der Waals surface area contributed by atoms with Gasteiger partial charge in [0.05, 0.1) is 0 Å². The molecule has 0 aliphatic carbocycles. The largest absolute Gasteiger partial charge is 0.338 e. The number of carbonyl (C=O) groups is 1. The highest BCUT2D eigenvalue weighted by atomic mass is 16.5. The fourth-order valence-corrected chi connectivity index (χ4v) is 2.15. The van der Waals surface area contributed by atoms with Crippen molar-refractivity contribution in [2.75, 3.05) is 5.32 Å². The molecule has 0 atom stereocenters. The second kappa shape index (κ2) is 5.85. The minimum Gasteiger partial charge on any atom is -0.338 e. The van der Waals surface area contributed by atoms with Gasteiger partial charge in [0.1, 0.15) is 11.4 Å². The number of benzene rings is 1. The normalized spacial score (nSPS) is 10.6. The van der Waals surface area contributed by atoms with Crippen molar-refractivity contribution in [2.24, 2.45) is 7.05 Å². The van der Waals surface area contributed by atoms with E-state index in [0.717, 1.165) is 12.0 Å². The number of amides is 1. The van der Waals surface area contributed by atoms with Crippen LogP contribution in [0.15, 0.2) is 47.1 Å². The molecule has 0 bridgehead atoms. The summed E-state index contributed by atoms with van der Waals surface area (Å²) in [7, 11) is 1.70. The summed E-state index contributed by atoms with van der Waals surface area (Å²) in [5.41, 5.74) is 3.34. The maximum atomic E-state index is 12.1. The van der Waals surface area contributed by atoms with Crippen molar-refractivity contribution in [3.05, 3.63) is 53.9 Å². The van der Waals surface area contributed by atoms with Crippen LogP contribution in [0.4, 0.5) is 5.88 Å². The molecule has 0 fully saturated rings. The number of aryl methyl sites for hydroxylation is 2. The summed E-state index contributed by atoms with van der Waals surface area (Å²) in [5, 5.41) is 10.6.